The molecule has 0 aliphatic rings. The lowest BCUT2D eigenvalue weighted by molar-refractivity contribution is -0.123. The summed E-state index contributed by atoms with van der Waals surface area (Å²) in [5.74, 6) is -0.0147. The number of methoxy groups -OCH3 is 1. The Hall–Kier alpha value is -1.10. The Labute approximate surface area is 119 Å². The molecule has 19 heavy (non-hydrogen) atoms. The molecule has 1 unspecified atom stereocenters. The SMILES string of the molecule is COCC(C)NC(=O)CN(C)Cc1ccccc1Cl. The van der Waals surface area contributed by atoms with Crippen molar-refractivity contribution in [3.63, 3.8) is 0 Å². The van der Waals surface area contributed by atoms with Gasteiger partial charge in [0.15, 0.2) is 0 Å². The number of ether oxygens (including phenoxy) is 1. The van der Waals surface area contributed by atoms with E-state index in [0.29, 0.717) is 19.7 Å². The van der Waals surface area contributed by atoms with Gasteiger partial charge in [0.1, 0.15) is 0 Å². The minimum absolute atomic E-state index is 0.0147. The van der Waals surface area contributed by atoms with E-state index < -0.39 is 0 Å². The maximum atomic E-state index is 11.8. The largest absolute Gasteiger partial charge is 0.383 e. The molecule has 5 heteroatoms. The van der Waals surface area contributed by atoms with E-state index >= 15 is 0 Å². The van der Waals surface area contributed by atoms with Gasteiger partial charge in [0.05, 0.1) is 13.2 Å². The van der Waals surface area contributed by atoms with Gasteiger partial charge in [0.25, 0.3) is 0 Å². The molecule has 0 spiro atoms. The Bertz CT molecular complexity index is 412. The Kier molecular flexibility index (Phi) is 6.84. The van der Waals surface area contributed by atoms with Gasteiger partial charge < -0.3 is 10.1 Å². The molecule has 1 N–H and O–H groups in total. The number of amides is 1. The van der Waals surface area contributed by atoms with Crippen molar-refractivity contribution in [1.29, 1.82) is 0 Å². The highest BCUT2D eigenvalue weighted by atomic mass is 35.5. The van der Waals surface area contributed by atoms with E-state index in [2.05, 4.69) is 5.32 Å². The molecule has 1 aromatic carbocycles. The van der Waals surface area contributed by atoms with Gasteiger partial charge in [-0.05, 0) is 25.6 Å². The van der Waals surface area contributed by atoms with Crippen LogP contribution < -0.4 is 5.32 Å². The highest BCUT2D eigenvalue weighted by Crippen LogP contribution is 2.16. The molecule has 0 aromatic heterocycles. The van der Waals surface area contributed by atoms with Crippen LogP contribution in [0, 0.1) is 0 Å². The van der Waals surface area contributed by atoms with E-state index in [1.165, 1.54) is 0 Å². The highest BCUT2D eigenvalue weighted by molar-refractivity contribution is 6.31. The number of nitrogens with zero attached hydrogens (tertiary/aromatic N) is 1. The number of nitrogens with one attached hydrogen (secondary N) is 1. The van der Waals surface area contributed by atoms with Gasteiger partial charge in [-0.1, -0.05) is 29.8 Å². The second-order valence-corrected chi connectivity index (χ2v) is 5.09. The fourth-order valence-corrected chi connectivity index (χ4v) is 2.03. The van der Waals surface area contributed by atoms with E-state index in [1.807, 2.05) is 43.1 Å². The van der Waals surface area contributed by atoms with E-state index in [-0.39, 0.29) is 11.9 Å². The number of carbonyl (C=O) groups is 1. The molecule has 1 rings (SSSR count). The third kappa shape index (κ3) is 6.05. The lowest BCUT2D eigenvalue weighted by Crippen LogP contribution is -2.41. The van der Waals surface area contributed by atoms with Gasteiger partial charge >= 0.3 is 0 Å². The van der Waals surface area contributed by atoms with Crippen LogP contribution in [0.25, 0.3) is 0 Å². The summed E-state index contributed by atoms with van der Waals surface area (Å²) in [5, 5.41) is 3.60. The van der Waals surface area contributed by atoms with Gasteiger partial charge in [0.2, 0.25) is 5.91 Å². The fraction of sp³-hybridized carbons (Fsp3) is 0.500. The second kappa shape index (κ2) is 8.15. The van der Waals surface area contributed by atoms with E-state index in [0.717, 1.165) is 10.6 Å². The van der Waals surface area contributed by atoms with Crippen LogP contribution in [0.5, 0.6) is 0 Å². The Morgan fingerprint density at radius 1 is 1.47 bits per heavy atom. The molecule has 0 saturated carbocycles. The Balaban J connectivity index is 2.41. The first-order valence-corrected chi connectivity index (χ1v) is 6.61. The molecule has 1 atom stereocenters. The Morgan fingerprint density at radius 3 is 2.79 bits per heavy atom. The predicted octanol–water partition coefficient (Wildman–Crippen LogP) is 1.92. The van der Waals surface area contributed by atoms with E-state index in [9.17, 15) is 4.79 Å². The third-order valence-corrected chi connectivity index (χ3v) is 3.00. The van der Waals surface area contributed by atoms with Crippen molar-refractivity contribution >= 4 is 17.5 Å². The molecular formula is C14H21ClN2O2. The first-order valence-electron chi connectivity index (χ1n) is 6.23. The normalized spacial score (nSPS) is 12.5. The molecule has 0 bridgehead atoms. The zero-order valence-electron chi connectivity index (χ0n) is 11.6. The number of halogens is 1. The van der Waals surface area contributed by atoms with Gasteiger partial charge in [0, 0.05) is 24.7 Å². The first-order chi connectivity index (χ1) is 9.02. The average Bonchev–Trinajstić information content (AvgIpc) is 2.31. The zero-order chi connectivity index (χ0) is 14.3. The lowest BCUT2D eigenvalue weighted by atomic mass is 10.2. The number of rotatable bonds is 7. The molecule has 0 radical (unpaired) electrons. The monoisotopic (exact) mass is 284 g/mol. The summed E-state index contributed by atoms with van der Waals surface area (Å²) in [4.78, 5) is 13.7. The van der Waals surface area contributed by atoms with Gasteiger partial charge in [-0.25, -0.2) is 0 Å². The van der Waals surface area contributed by atoms with Gasteiger partial charge in [-0.3, -0.25) is 9.69 Å². The quantitative estimate of drug-likeness (QED) is 0.832. The minimum Gasteiger partial charge on any atom is -0.383 e. The maximum absolute atomic E-state index is 11.8. The molecular weight excluding hydrogens is 264 g/mol. The van der Waals surface area contributed by atoms with Gasteiger partial charge in [-0.2, -0.15) is 0 Å². The number of hydrogen-bond donors (Lipinski definition) is 1. The van der Waals surface area contributed by atoms with Crippen LogP contribution in [0.3, 0.4) is 0 Å². The summed E-state index contributed by atoms with van der Waals surface area (Å²) < 4.78 is 4.98. The van der Waals surface area contributed by atoms with Crippen LogP contribution in [-0.2, 0) is 16.1 Å². The smallest absolute Gasteiger partial charge is 0.234 e. The predicted molar refractivity (Wildman–Crippen MR) is 77.3 cm³/mol. The standard InChI is InChI=1S/C14H21ClN2O2/c1-11(10-19-3)16-14(18)9-17(2)8-12-6-4-5-7-13(12)15/h4-7,11H,8-10H2,1-3H3,(H,16,18). The molecule has 0 heterocycles. The fourth-order valence-electron chi connectivity index (χ4n) is 1.83. The van der Waals surface area contributed by atoms with Crippen molar-refractivity contribution in [2.24, 2.45) is 0 Å². The van der Waals surface area contributed by atoms with Crippen molar-refractivity contribution in [3.8, 4) is 0 Å². The molecule has 4 nitrogen and oxygen atoms in total. The van der Waals surface area contributed by atoms with Crippen LogP contribution >= 0.6 is 11.6 Å². The summed E-state index contributed by atoms with van der Waals surface area (Å²) in [6.45, 7) is 3.40. The molecule has 106 valence electrons. The topological polar surface area (TPSA) is 41.6 Å². The number of likely N-dealkylation sites (N-methyl/N-ethyl adjacent to an activating group) is 1. The summed E-state index contributed by atoms with van der Waals surface area (Å²) >= 11 is 6.09. The zero-order valence-corrected chi connectivity index (χ0v) is 12.4. The number of carbonyl (C=O) groups excluding carboxylic acids is 1. The molecule has 1 amide bonds. The average molecular weight is 285 g/mol. The molecule has 0 aliphatic carbocycles. The lowest BCUT2D eigenvalue weighted by Gasteiger charge is -2.19. The molecule has 0 fully saturated rings. The highest BCUT2D eigenvalue weighted by Gasteiger charge is 2.11. The number of hydrogen-bond acceptors (Lipinski definition) is 3. The van der Waals surface area contributed by atoms with Crippen molar-refractivity contribution in [1.82, 2.24) is 10.2 Å². The van der Waals surface area contributed by atoms with Crippen molar-refractivity contribution in [2.75, 3.05) is 27.3 Å². The van der Waals surface area contributed by atoms with Crippen LogP contribution in [-0.4, -0.2) is 44.2 Å². The van der Waals surface area contributed by atoms with Gasteiger partial charge in [-0.15, -0.1) is 0 Å². The third-order valence-electron chi connectivity index (χ3n) is 2.64. The van der Waals surface area contributed by atoms with Crippen LogP contribution in [0.15, 0.2) is 24.3 Å². The van der Waals surface area contributed by atoms with Crippen molar-refractivity contribution in [3.05, 3.63) is 34.9 Å². The van der Waals surface area contributed by atoms with Crippen LogP contribution in [0.1, 0.15) is 12.5 Å². The van der Waals surface area contributed by atoms with E-state index in [1.54, 1.807) is 7.11 Å². The summed E-state index contributed by atoms with van der Waals surface area (Å²) in [5.41, 5.74) is 1.02. The van der Waals surface area contributed by atoms with Crippen LogP contribution in [0.4, 0.5) is 0 Å². The Morgan fingerprint density at radius 2 is 2.16 bits per heavy atom. The second-order valence-electron chi connectivity index (χ2n) is 4.69. The summed E-state index contributed by atoms with van der Waals surface area (Å²) in [6.07, 6.45) is 0. The molecule has 0 saturated heterocycles. The maximum Gasteiger partial charge on any atom is 0.234 e. The minimum atomic E-state index is -0.0147. The summed E-state index contributed by atoms with van der Waals surface area (Å²) in [7, 11) is 3.51. The summed E-state index contributed by atoms with van der Waals surface area (Å²) in [6, 6.07) is 7.67. The van der Waals surface area contributed by atoms with Crippen molar-refractivity contribution < 1.29 is 9.53 Å². The number of benzene rings is 1. The first kappa shape index (κ1) is 16.0. The molecule has 1 aromatic rings. The van der Waals surface area contributed by atoms with Crippen molar-refractivity contribution in [2.45, 2.75) is 19.5 Å². The van der Waals surface area contributed by atoms with Crippen LogP contribution in [0.2, 0.25) is 5.02 Å². The molecule has 0 aliphatic heterocycles. The van der Waals surface area contributed by atoms with E-state index in [4.69, 9.17) is 16.3 Å².